The second-order valence-corrected chi connectivity index (χ2v) is 3.69. The number of aromatic nitrogens is 2. The van der Waals surface area contributed by atoms with Gasteiger partial charge in [0.1, 0.15) is 16.6 Å². The fourth-order valence-electron chi connectivity index (χ4n) is 1.47. The van der Waals surface area contributed by atoms with Crippen LogP contribution in [0, 0.1) is 0 Å². The van der Waals surface area contributed by atoms with Gasteiger partial charge in [-0.1, -0.05) is 23.7 Å². The fraction of sp³-hybridized carbons (Fsp3) is 0.182. The number of nitrogens with zero attached hydrogens (tertiary/aromatic N) is 2. The van der Waals surface area contributed by atoms with Gasteiger partial charge < -0.3 is 10.2 Å². The van der Waals surface area contributed by atoms with Crippen molar-refractivity contribution in [3.63, 3.8) is 0 Å². The van der Waals surface area contributed by atoms with Crippen molar-refractivity contribution in [2.24, 2.45) is 0 Å². The first kappa shape index (κ1) is 11.0. The van der Waals surface area contributed by atoms with Crippen LogP contribution < -0.4 is 0 Å². The average Bonchev–Trinajstić information content (AvgIpc) is 2.62. The molecule has 1 aromatic heterocycles. The molecule has 0 spiro atoms. The van der Waals surface area contributed by atoms with Crippen molar-refractivity contribution in [3.8, 4) is 11.4 Å². The Morgan fingerprint density at radius 2 is 2.06 bits per heavy atom. The summed E-state index contributed by atoms with van der Waals surface area (Å²) in [5, 5.41) is 23.0. The quantitative estimate of drug-likeness (QED) is 0.857. The Bertz CT molecular complexity index is 496. The predicted molar refractivity (Wildman–Crippen MR) is 61.0 cm³/mol. The summed E-state index contributed by atoms with van der Waals surface area (Å²) < 4.78 is 1.45. The van der Waals surface area contributed by atoms with E-state index in [0.29, 0.717) is 17.3 Å². The number of aromatic hydroxyl groups is 1. The Morgan fingerprint density at radius 3 is 2.75 bits per heavy atom. The Hall–Kier alpha value is -1.52. The molecule has 4 nitrogen and oxygen atoms in total. The summed E-state index contributed by atoms with van der Waals surface area (Å²) in [6, 6.07) is 6.81. The zero-order chi connectivity index (χ0) is 11.5. The summed E-state index contributed by atoms with van der Waals surface area (Å²) in [7, 11) is 0. The maximum Gasteiger partial charge on any atom is 0.141 e. The van der Waals surface area contributed by atoms with Gasteiger partial charge in [0, 0.05) is 18.6 Å². The van der Waals surface area contributed by atoms with Crippen LogP contribution in [-0.2, 0) is 6.42 Å². The third-order valence-corrected chi connectivity index (χ3v) is 2.67. The van der Waals surface area contributed by atoms with Crippen LogP contribution in [0.2, 0.25) is 5.15 Å². The number of para-hydroxylation sites is 2. The summed E-state index contributed by atoms with van der Waals surface area (Å²) >= 11 is 6.09. The van der Waals surface area contributed by atoms with Crippen molar-refractivity contribution in [3.05, 3.63) is 41.2 Å². The Labute approximate surface area is 97.7 Å². The highest BCUT2D eigenvalue weighted by molar-refractivity contribution is 6.30. The number of aliphatic hydroxyl groups is 1. The van der Waals surface area contributed by atoms with Gasteiger partial charge in [-0.05, 0) is 12.1 Å². The van der Waals surface area contributed by atoms with Crippen molar-refractivity contribution >= 4 is 11.6 Å². The van der Waals surface area contributed by atoms with Crippen LogP contribution in [0.25, 0.3) is 5.69 Å². The molecule has 2 N–H and O–H groups in total. The van der Waals surface area contributed by atoms with E-state index >= 15 is 0 Å². The van der Waals surface area contributed by atoms with Gasteiger partial charge in [0.25, 0.3) is 0 Å². The molecule has 1 heterocycles. The van der Waals surface area contributed by atoms with Crippen LogP contribution in [-0.4, -0.2) is 26.6 Å². The molecule has 1 aromatic carbocycles. The van der Waals surface area contributed by atoms with Crippen LogP contribution in [0.1, 0.15) is 5.56 Å². The first-order valence-corrected chi connectivity index (χ1v) is 5.23. The van der Waals surface area contributed by atoms with E-state index in [1.807, 2.05) is 0 Å². The first-order chi connectivity index (χ1) is 7.74. The topological polar surface area (TPSA) is 58.3 Å². The average molecular weight is 239 g/mol. The van der Waals surface area contributed by atoms with Crippen LogP contribution in [0.3, 0.4) is 0 Å². The van der Waals surface area contributed by atoms with Crippen LogP contribution in [0.5, 0.6) is 5.75 Å². The van der Waals surface area contributed by atoms with Crippen molar-refractivity contribution in [2.45, 2.75) is 6.42 Å². The van der Waals surface area contributed by atoms with Crippen molar-refractivity contribution in [1.82, 2.24) is 9.78 Å². The molecule has 0 saturated carbocycles. The standard InChI is InChI=1S/C11H11ClN2O2/c12-11-8(5-6-15)7-13-14(11)9-3-1-2-4-10(9)16/h1-4,7,15-16H,5-6H2. The van der Waals surface area contributed by atoms with Gasteiger partial charge in [0.05, 0.1) is 6.20 Å². The maximum absolute atomic E-state index is 9.66. The van der Waals surface area contributed by atoms with Gasteiger partial charge in [0.15, 0.2) is 0 Å². The van der Waals surface area contributed by atoms with Crippen LogP contribution in [0.15, 0.2) is 30.5 Å². The van der Waals surface area contributed by atoms with E-state index in [9.17, 15) is 5.11 Å². The molecule has 16 heavy (non-hydrogen) atoms. The zero-order valence-corrected chi connectivity index (χ0v) is 9.22. The number of phenols is 1. The second kappa shape index (κ2) is 4.55. The van der Waals surface area contributed by atoms with Crippen molar-refractivity contribution in [2.75, 3.05) is 6.61 Å². The molecular weight excluding hydrogens is 228 g/mol. The first-order valence-electron chi connectivity index (χ1n) is 4.85. The minimum absolute atomic E-state index is 0.0200. The van der Waals surface area contributed by atoms with Gasteiger partial charge in [-0.2, -0.15) is 5.10 Å². The number of hydrogen-bond acceptors (Lipinski definition) is 3. The van der Waals surface area contributed by atoms with E-state index in [2.05, 4.69) is 5.10 Å². The Kier molecular flexibility index (Phi) is 3.12. The Morgan fingerprint density at radius 1 is 1.31 bits per heavy atom. The van der Waals surface area contributed by atoms with Gasteiger partial charge in [-0.15, -0.1) is 0 Å². The molecule has 0 aliphatic heterocycles. The summed E-state index contributed by atoms with van der Waals surface area (Å²) in [6.07, 6.45) is 2.04. The van der Waals surface area contributed by atoms with Gasteiger partial charge in [0.2, 0.25) is 0 Å². The molecule has 84 valence electrons. The highest BCUT2D eigenvalue weighted by Crippen LogP contribution is 2.26. The highest BCUT2D eigenvalue weighted by atomic mass is 35.5. The molecule has 0 aliphatic rings. The molecule has 0 radical (unpaired) electrons. The monoisotopic (exact) mass is 238 g/mol. The molecule has 2 aromatic rings. The molecular formula is C11H11ClN2O2. The molecule has 2 rings (SSSR count). The summed E-state index contributed by atoms with van der Waals surface area (Å²) in [4.78, 5) is 0. The lowest BCUT2D eigenvalue weighted by Gasteiger charge is -2.05. The van der Waals surface area contributed by atoms with E-state index in [4.69, 9.17) is 16.7 Å². The molecule has 0 bridgehead atoms. The van der Waals surface area contributed by atoms with E-state index < -0.39 is 0 Å². The third-order valence-electron chi connectivity index (χ3n) is 2.27. The lowest BCUT2D eigenvalue weighted by Crippen LogP contribution is -1.97. The number of phenolic OH excluding ortho intramolecular Hbond substituents is 1. The summed E-state index contributed by atoms with van der Waals surface area (Å²) in [6.45, 7) is 0.0200. The molecule has 0 saturated heterocycles. The normalized spacial score (nSPS) is 10.6. The lowest BCUT2D eigenvalue weighted by molar-refractivity contribution is 0.299. The third kappa shape index (κ3) is 1.89. The van der Waals surface area contributed by atoms with Crippen LogP contribution in [0.4, 0.5) is 0 Å². The smallest absolute Gasteiger partial charge is 0.141 e. The van der Waals surface area contributed by atoms with Gasteiger partial charge in [-0.25, -0.2) is 4.68 Å². The number of rotatable bonds is 3. The molecule has 0 fully saturated rings. The number of halogens is 1. The molecule has 0 amide bonds. The summed E-state index contributed by atoms with van der Waals surface area (Å²) in [5.74, 6) is 0.114. The van der Waals surface area contributed by atoms with Crippen LogP contribution >= 0.6 is 11.6 Å². The largest absolute Gasteiger partial charge is 0.506 e. The number of aliphatic hydroxyl groups excluding tert-OH is 1. The number of hydrogen-bond donors (Lipinski definition) is 2. The predicted octanol–water partition coefficient (Wildman–Crippen LogP) is 1.77. The minimum atomic E-state index is 0.0200. The SMILES string of the molecule is OCCc1cnn(-c2ccccc2O)c1Cl. The van der Waals surface area contributed by atoms with Gasteiger partial charge >= 0.3 is 0 Å². The number of benzene rings is 1. The molecule has 0 unspecified atom stereocenters. The lowest BCUT2D eigenvalue weighted by atomic mass is 10.2. The highest BCUT2D eigenvalue weighted by Gasteiger charge is 2.11. The van der Waals surface area contributed by atoms with E-state index in [1.54, 1.807) is 30.5 Å². The molecule has 0 aliphatic carbocycles. The van der Waals surface area contributed by atoms with Gasteiger partial charge in [-0.3, -0.25) is 0 Å². The second-order valence-electron chi connectivity index (χ2n) is 3.33. The minimum Gasteiger partial charge on any atom is -0.506 e. The summed E-state index contributed by atoms with van der Waals surface area (Å²) in [5.41, 5.74) is 1.28. The molecule has 5 heteroatoms. The fourth-order valence-corrected chi connectivity index (χ4v) is 1.74. The van der Waals surface area contributed by atoms with E-state index in [1.165, 1.54) is 4.68 Å². The maximum atomic E-state index is 9.66. The van der Waals surface area contributed by atoms with Crippen molar-refractivity contribution < 1.29 is 10.2 Å². The molecule has 0 atom stereocenters. The van der Waals surface area contributed by atoms with E-state index in [0.717, 1.165) is 5.56 Å². The Balaban J connectivity index is 2.45. The van der Waals surface area contributed by atoms with E-state index in [-0.39, 0.29) is 12.4 Å². The zero-order valence-electron chi connectivity index (χ0n) is 8.47. The van der Waals surface area contributed by atoms with Crippen molar-refractivity contribution in [1.29, 1.82) is 0 Å².